The van der Waals surface area contributed by atoms with Crippen LogP contribution in [0.15, 0.2) is 53.4 Å². The number of nitrogens with one attached hydrogen (secondary N) is 1. The Balaban J connectivity index is 1.51. The monoisotopic (exact) mass is 469 g/mol. The van der Waals surface area contributed by atoms with Crippen molar-refractivity contribution in [3.8, 4) is 0 Å². The molecule has 176 valence electrons. The fourth-order valence-electron chi connectivity index (χ4n) is 3.88. The molecule has 0 aliphatic heterocycles. The topological polar surface area (TPSA) is 86.8 Å². The third kappa shape index (κ3) is 5.45. The van der Waals surface area contributed by atoms with Crippen LogP contribution in [0.1, 0.15) is 65.8 Å². The van der Waals surface area contributed by atoms with E-state index in [1.54, 1.807) is 38.1 Å². The second kappa shape index (κ2) is 9.65. The highest BCUT2D eigenvalue weighted by molar-refractivity contribution is 7.89. The van der Waals surface area contributed by atoms with Gasteiger partial charge in [-0.15, -0.1) is 0 Å². The SMILES string of the molecule is CCN(CC)S(=O)(=O)c1cccc(C(=O)N(Cc2ccc(C(=O)NC3CC3)cc2)C2CC2)c1. The molecule has 8 heteroatoms. The fraction of sp³-hybridized carbons (Fsp3) is 0.440. The summed E-state index contributed by atoms with van der Waals surface area (Å²) >= 11 is 0. The zero-order chi connectivity index (χ0) is 23.6. The molecular weight excluding hydrogens is 438 g/mol. The van der Waals surface area contributed by atoms with E-state index in [1.807, 2.05) is 17.0 Å². The standard InChI is InChI=1S/C25H31N3O4S/c1-3-27(4-2)33(31,32)23-7-5-6-20(16-23)25(30)28(22-14-15-22)17-18-8-10-19(11-9-18)24(29)26-21-12-13-21/h5-11,16,21-22H,3-4,12-15,17H2,1-2H3,(H,26,29). The van der Waals surface area contributed by atoms with E-state index in [1.165, 1.54) is 16.4 Å². The van der Waals surface area contributed by atoms with Gasteiger partial charge in [0.2, 0.25) is 10.0 Å². The minimum Gasteiger partial charge on any atom is -0.349 e. The van der Waals surface area contributed by atoms with Crippen molar-refractivity contribution in [2.24, 2.45) is 0 Å². The third-order valence-corrected chi connectivity index (χ3v) is 8.20. The summed E-state index contributed by atoms with van der Waals surface area (Å²) in [5, 5.41) is 2.98. The van der Waals surface area contributed by atoms with Crippen LogP contribution in [0.25, 0.3) is 0 Å². The largest absolute Gasteiger partial charge is 0.349 e. The van der Waals surface area contributed by atoms with Gasteiger partial charge in [0.05, 0.1) is 4.90 Å². The van der Waals surface area contributed by atoms with Crippen LogP contribution < -0.4 is 5.32 Å². The number of carbonyl (C=O) groups is 2. The Labute approximate surface area is 195 Å². The highest BCUT2D eigenvalue weighted by Gasteiger charge is 2.34. The van der Waals surface area contributed by atoms with E-state index in [2.05, 4.69) is 5.32 Å². The zero-order valence-electron chi connectivity index (χ0n) is 19.2. The lowest BCUT2D eigenvalue weighted by Crippen LogP contribution is -2.33. The second-order valence-corrected chi connectivity index (χ2v) is 10.7. The predicted molar refractivity (Wildman–Crippen MR) is 126 cm³/mol. The average molecular weight is 470 g/mol. The molecule has 2 saturated carbocycles. The van der Waals surface area contributed by atoms with Crippen molar-refractivity contribution in [1.82, 2.24) is 14.5 Å². The molecule has 0 bridgehead atoms. The molecule has 4 rings (SSSR count). The van der Waals surface area contributed by atoms with E-state index in [9.17, 15) is 18.0 Å². The molecule has 0 radical (unpaired) electrons. The maximum Gasteiger partial charge on any atom is 0.254 e. The molecule has 0 aromatic heterocycles. The molecule has 0 spiro atoms. The van der Waals surface area contributed by atoms with Crippen molar-refractivity contribution in [1.29, 1.82) is 0 Å². The molecule has 2 fully saturated rings. The summed E-state index contributed by atoms with van der Waals surface area (Å²) in [5.41, 5.74) is 1.92. The number of rotatable bonds is 10. The van der Waals surface area contributed by atoms with Gasteiger partial charge >= 0.3 is 0 Å². The Kier molecular flexibility index (Phi) is 6.86. The van der Waals surface area contributed by atoms with Gasteiger partial charge in [0.1, 0.15) is 0 Å². The first-order chi connectivity index (χ1) is 15.8. The summed E-state index contributed by atoms with van der Waals surface area (Å²) < 4.78 is 27.2. The molecule has 2 aromatic carbocycles. The van der Waals surface area contributed by atoms with Gasteiger partial charge in [-0.3, -0.25) is 9.59 Å². The summed E-state index contributed by atoms with van der Waals surface area (Å²) in [6, 6.07) is 14.1. The summed E-state index contributed by atoms with van der Waals surface area (Å²) in [7, 11) is -3.64. The van der Waals surface area contributed by atoms with Gasteiger partial charge in [0.25, 0.3) is 11.8 Å². The van der Waals surface area contributed by atoms with Crippen molar-refractivity contribution in [2.45, 2.75) is 63.1 Å². The van der Waals surface area contributed by atoms with Gasteiger partial charge in [-0.2, -0.15) is 4.31 Å². The van der Waals surface area contributed by atoms with Gasteiger partial charge in [0, 0.05) is 42.8 Å². The Morgan fingerprint density at radius 1 is 0.939 bits per heavy atom. The Morgan fingerprint density at radius 2 is 1.61 bits per heavy atom. The summed E-state index contributed by atoms with van der Waals surface area (Å²) in [6.07, 6.45) is 3.95. The first kappa shape index (κ1) is 23.4. The maximum absolute atomic E-state index is 13.4. The molecule has 33 heavy (non-hydrogen) atoms. The minimum atomic E-state index is -3.64. The molecule has 1 N–H and O–H groups in total. The molecule has 2 aromatic rings. The molecule has 0 saturated heterocycles. The lowest BCUT2D eigenvalue weighted by molar-refractivity contribution is 0.0729. The lowest BCUT2D eigenvalue weighted by Gasteiger charge is -2.24. The van der Waals surface area contributed by atoms with Crippen molar-refractivity contribution < 1.29 is 18.0 Å². The quantitative estimate of drug-likeness (QED) is 0.578. The van der Waals surface area contributed by atoms with Crippen molar-refractivity contribution in [3.63, 3.8) is 0 Å². The molecule has 0 atom stereocenters. The summed E-state index contributed by atoms with van der Waals surface area (Å²) in [6.45, 7) is 4.76. The highest BCUT2D eigenvalue weighted by atomic mass is 32.2. The van der Waals surface area contributed by atoms with E-state index in [0.717, 1.165) is 31.2 Å². The Hall–Kier alpha value is -2.71. The zero-order valence-corrected chi connectivity index (χ0v) is 20.0. The van der Waals surface area contributed by atoms with Gasteiger partial charge in [-0.25, -0.2) is 8.42 Å². The predicted octanol–water partition coefficient (Wildman–Crippen LogP) is 3.41. The number of nitrogens with zero attached hydrogens (tertiary/aromatic N) is 2. The van der Waals surface area contributed by atoms with Crippen LogP contribution in [0.2, 0.25) is 0 Å². The molecule has 2 aliphatic carbocycles. The molecule has 0 heterocycles. The molecule has 0 unspecified atom stereocenters. The van der Waals surface area contributed by atoms with Crippen LogP contribution in [0, 0.1) is 0 Å². The van der Waals surface area contributed by atoms with Gasteiger partial charge in [-0.1, -0.05) is 32.0 Å². The van der Waals surface area contributed by atoms with E-state index in [0.29, 0.717) is 36.8 Å². The Bertz CT molecular complexity index is 1120. The second-order valence-electron chi connectivity index (χ2n) is 8.73. The van der Waals surface area contributed by atoms with Crippen molar-refractivity contribution >= 4 is 21.8 Å². The van der Waals surface area contributed by atoms with Crippen LogP contribution in [0.5, 0.6) is 0 Å². The fourth-order valence-corrected chi connectivity index (χ4v) is 5.38. The maximum atomic E-state index is 13.4. The first-order valence-electron chi connectivity index (χ1n) is 11.6. The number of hydrogen-bond donors (Lipinski definition) is 1. The van der Waals surface area contributed by atoms with Crippen LogP contribution in [0.3, 0.4) is 0 Å². The van der Waals surface area contributed by atoms with E-state index in [-0.39, 0.29) is 22.8 Å². The molecule has 2 amide bonds. The number of hydrogen-bond acceptors (Lipinski definition) is 4. The lowest BCUT2D eigenvalue weighted by atomic mass is 10.1. The average Bonchev–Trinajstić information content (AvgIpc) is 3.73. The van der Waals surface area contributed by atoms with Crippen LogP contribution in [-0.2, 0) is 16.6 Å². The minimum absolute atomic E-state index is 0.0644. The molecule has 2 aliphatic rings. The normalized spacial score (nSPS) is 16.0. The summed E-state index contributed by atoms with van der Waals surface area (Å²) in [4.78, 5) is 27.5. The van der Waals surface area contributed by atoms with Crippen LogP contribution >= 0.6 is 0 Å². The number of amides is 2. The van der Waals surface area contributed by atoms with Crippen LogP contribution in [-0.4, -0.2) is 54.6 Å². The third-order valence-electron chi connectivity index (χ3n) is 6.15. The number of carbonyl (C=O) groups excluding carboxylic acids is 2. The Morgan fingerprint density at radius 3 is 2.18 bits per heavy atom. The van der Waals surface area contributed by atoms with Gasteiger partial charge in [-0.05, 0) is 61.6 Å². The van der Waals surface area contributed by atoms with E-state index < -0.39 is 10.0 Å². The highest BCUT2D eigenvalue weighted by Crippen LogP contribution is 2.30. The van der Waals surface area contributed by atoms with E-state index >= 15 is 0 Å². The molecular formula is C25H31N3O4S. The first-order valence-corrected chi connectivity index (χ1v) is 13.1. The van der Waals surface area contributed by atoms with E-state index in [4.69, 9.17) is 0 Å². The molecule has 7 nitrogen and oxygen atoms in total. The van der Waals surface area contributed by atoms with Gasteiger partial charge in [0.15, 0.2) is 0 Å². The van der Waals surface area contributed by atoms with Crippen LogP contribution in [0.4, 0.5) is 0 Å². The number of benzene rings is 2. The van der Waals surface area contributed by atoms with Crippen molar-refractivity contribution in [2.75, 3.05) is 13.1 Å². The number of sulfonamides is 1. The van der Waals surface area contributed by atoms with Crippen molar-refractivity contribution in [3.05, 3.63) is 65.2 Å². The summed E-state index contributed by atoms with van der Waals surface area (Å²) in [5.74, 6) is -0.241. The van der Waals surface area contributed by atoms with Gasteiger partial charge < -0.3 is 10.2 Å². The smallest absolute Gasteiger partial charge is 0.254 e.